The molecule has 0 aliphatic carbocycles. The predicted octanol–water partition coefficient (Wildman–Crippen LogP) is 5.03. The smallest absolute Gasteiger partial charge is 0.255 e. The Labute approximate surface area is 196 Å². The highest BCUT2D eigenvalue weighted by molar-refractivity contribution is 8.00. The summed E-state index contributed by atoms with van der Waals surface area (Å²) >= 11 is 3.23. The minimum atomic E-state index is 0.0625. The van der Waals surface area contributed by atoms with Crippen LogP contribution >= 0.6 is 23.1 Å². The highest BCUT2D eigenvalue weighted by Crippen LogP contribution is 2.34. The Morgan fingerprint density at radius 3 is 2.56 bits per heavy atom. The molecule has 3 aromatic rings. The zero-order valence-electron chi connectivity index (χ0n) is 18.0. The quantitative estimate of drug-likeness (QED) is 0.496. The third-order valence-electron chi connectivity index (χ3n) is 6.30. The SMILES string of the molecule is O=C(CSc1ccccc1C(=O)N1CCC[C@@H](c2nc3ccccc3s2)C1)N1CCCC1. The maximum atomic E-state index is 13.5. The Kier molecular flexibility index (Phi) is 6.46. The molecule has 0 spiro atoms. The van der Waals surface area contributed by atoms with Gasteiger partial charge >= 0.3 is 0 Å². The first kappa shape index (κ1) is 21.5. The molecule has 1 atom stereocenters. The Morgan fingerprint density at radius 1 is 0.969 bits per heavy atom. The second-order valence-electron chi connectivity index (χ2n) is 8.48. The number of thiazole rings is 1. The van der Waals surface area contributed by atoms with Crippen LogP contribution in [0.25, 0.3) is 10.2 Å². The number of benzene rings is 2. The van der Waals surface area contributed by atoms with Crippen LogP contribution in [0.5, 0.6) is 0 Å². The van der Waals surface area contributed by atoms with Crippen LogP contribution in [0.15, 0.2) is 53.4 Å². The van der Waals surface area contributed by atoms with Crippen molar-refractivity contribution in [3.63, 3.8) is 0 Å². The summed E-state index contributed by atoms with van der Waals surface area (Å²) in [6.45, 7) is 3.19. The molecule has 1 aromatic heterocycles. The molecule has 2 aliphatic rings. The number of rotatable bonds is 5. The van der Waals surface area contributed by atoms with E-state index in [2.05, 4.69) is 12.1 Å². The number of fused-ring (bicyclic) bond motifs is 1. The highest BCUT2D eigenvalue weighted by Gasteiger charge is 2.29. The van der Waals surface area contributed by atoms with E-state index < -0.39 is 0 Å². The normalized spacial score (nSPS) is 18.9. The third kappa shape index (κ3) is 4.55. The average molecular weight is 466 g/mol. The fraction of sp³-hybridized carbons (Fsp3) is 0.400. The molecule has 166 valence electrons. The summed E-state index contributed by atoms with van der Waals surface area (Å²) in [5.41, 5.74) is 1.75. The van der Waals surface area contributed by atoms with Crippen LogP contribution in [0.4, 0.5) is 0 Å². The summed E-state index contributed by atoms with van der Waals surface area (Å²) in [5.74, 6) is 0.899. The molecular formula is C25H27N3O2S2. The first-order chi connectivity index (χ1) is 15.7. The maximum Gasteiger partial charge on any atom is 0.255 e. The lowest BCUT2D eigenvalue weighted by atomic mass is 9.98. The van der Waals surface area contributed by atoms with E-state index in [1.807, 2.05) is 46.2 Å². The third-order valence-corrected chi connectivity index (χ3v) is 8.55. The minimum absolute atomic E-state index is 0.0625. The van der Waals surface area contributed by atoms with Gasteiger partial charge < -0.3 is 9.80 Å². The van der Waals surface area contributed by atoms with E-state index in [4.69, 9.17) is 4.98 Å². The van der Waals surface area contributed by atoms with Gasteiger partial charge in [-0.05, 0) is 49.9 Å². The number of piperidine rings is 1. The molecule has 5 nitrogen and oxygen atoms in total. The van der Waals surface area contributed by atoms with Crippen molar-refractivity contribution in [2.75, 3.05) is 31.9 Å². The number of nitrogens with zero attached hydrogens (tertiary/aromatic N) is 3. The maximum absolute atomic E-state index is 13.5. The second kappa shape index (κ2) is 9.63. The zero-order chi connectivity index (χ0) is 21.9. The van der Waals surface area contributed by atoms with Crippen molar-refractivity contribution in [1.82, 2.24) is 14.8 Å². The molecule has 2 saturated heterocycles. The molecular weight excluding hydrogens is 438 g/mol. The fourth-order valence-corrected chi connectivity index (χ4v) is 6.61. The van der Waals surface area contributed by atoms with Crippen molar-refractivity contribution in [2.24, 2.45) is 0 Å². The summed E-state index contributed by atoms with van der Waals surface area (Å²) in [5, 5.41) is 1.13. The lowest BCUT2D eigenvalue weighted by Gasteiger charge is -2.32. The van der Waals surface area contributed by atoms with Crippen molar-refractivity contribution in [1.29, 1.82) is 0 Å². The Balaban J connectivity index is 1.28. The molecule has 0 unspecified atom stereocenters. The van der Waals surface area contributed by atoms with E-state index in [-0.39, 0.29) is 17.7 Å². The van der Waals surface area contributed by atoms with Crippen LogP contribution in [0, 0.1) is 0 Å². The van der Waals surface area contributed by atoms with E-state index in [9.17, 15) is 9.59 Å². The Morgan fingerprint density at radius 2 is 1.72 bits per heavy atom. The summed E-state index contributed by atoms with van der Waals surface area (Å²) in [6.07, 6.45) is 4.23. The molecule has 0 bridgehead atoms. The summed E-state index contributed by atoms with van der Waals surface area (Å²) in [4.78, 5) is 35.6. The number of hydrogen-bond donors (Lipinski definition) is 0. The Hall–Kier alpha value is -2.38. The highest BCUT2D eigenvalue weighted by atomic mass is 32.2. The molecule has 3 heterocycles. The first-order valence-corrected chi connectivity index (χ1v) is 13.1. The van der Waals surface area contributed by atoms with Gasteiger partial charge in [-0.3, -0.25) is 9.59 Å². The molecule has 0 radical (unpaired) electrons. The van der Waals surface area contributed by atoms with Crippen molar-refractivity contribution >= 4 is 45.1 Å². The number of aromatic nitrogens is 1. The monoisotopic (exact) mass is 465 g/mol. The summed E-state index contributed by atoms with van der Waals surface area (Å²) < 4.78 is 1.20. The lowest BCUT2D eigenvalue weighted by molar-refractivity contribution is -0.127. The molecule has 2 aromatic carbocycles. The van der Waals surface area contributed by atoms with Crippen molar-refractivity contribution < 1.29 is 9.59 Å². The largest absolute Gasteiger partial charge is 0.342 e. The number of amides is 2. The van der Waals surface area contributed by atoms with Gasteiger partial charge in [0.1, 0.15) is 0 Å². The van der Waals surface area contributed by atoms with Crippen LogP contribution in [-0.2, 0) is 4.79 Å². The predicted molar refractivity (Wildman–Crippen MR) is 130 cm³/mol. The van der Waals surface area contributed by atoms with E-state index in [0.29, 0.717) is 17.9 Å². The second-order valence-corrected chi connectivity index (χ2v) is 10.6. The number of likely N-dealkylation sites (tertiary alicyclic amines) is 2. The molecule has 2 aliphatic heterocycles. The number of thioether (sulfide) groups is 1. The van der Waals surface area contributed by atoms with Gasteiger partial charge in [-0.1, -0.05) is 24.3 Å². The van der Waals surface area contributed by atoms with Gasteiger partial charge in [0.2, 0.25) is 5.91 Å². The van der Waals surface area contributed by atoms with E-state index >= 15 is 0 Å². The van der Waals surface area contributed by atoms with Crippen LogP contribution in [0.1, 0.15) is 47.0 Å². The fourth-order valence-electron chi connectivity index (χ4n) is 4.56. The van der Waals surface area contributed by atoms with Crippen LogP contribution in [-0.4, -0.2) is 58.5 Å². The number of carbonyl (C=O) groups excluding carboxylic acids is 2. The van der Waals surface area contributed by atoms with Crippen molar-refractivity contribution in [2.45, 2.75) is 36.5 Å². The number of para-hydroxylation sites is 1. The molecule has 2 fully saturated rings. The van der Waals surface area contributed by atoms with Gasteiger partial charge in [-0.15, -0.1) is 23.1 Å². The number of hydrogen-bond acceptors (Lipinski definition) is 5. The molecule has 5 rings (SSSR count). The standard InChI is InChI=1S/C25H27N3O2S2/c29-23(27-13-5-6-14-27)17-31-21-11-3-1-9-19(21)25(30)28-15-7-8-18(16-28)24-26-20-10-2-4-12-22(20)32-24/h1-4,9-12,18H,5-8,13-17H2/t18-/m1/s1. The van der Waals surface area contributed by atoms with E-state index in [1.165, 1.54) is 16.5 Å². The van der Waals surface area contributed by atoms with E-state index in [0.717, 1.165) is 60.7 Å². The van der Waals surface area contributed by atoms with Crippen molar-refractivity contribution in [3.8, 4) is 0 Å². The van der Waals surface area contributed by atoms with Crippen LogP contribution < -0.4 is 0 Å². The van der Waals surface area contributed by atoms with Gasteiger partial charge in [0.15, 0.2) is 0 Å². The molecule has 0 N–H and O–H groups in total. The van der Waals surface area contributed by atoms with E-state index in [1.54, 1.807) is 11.3 Å². The number of carbonyl (C=O) groups is 2. The molecule has 32 heavy (non-hydrogen) atoms. The Bertz CT molecular complexity index is 1090. The van der Waals surface area contributed by atoms with Gasteiger partial charge in [0.05, 0.1) is 26.5 Å². The lowest BCUT2D eigenvalue weighted by Crippen LogP contribution is -2.39. The van der Waals surface area contributed by atoms with Gasteiger partial charge in [-0.25, -0.2) is 4.98 Å². The summed E-state index contributed by atoms with van der Waals surface area (Å²) in [7, 11) is 0. The van der Waals surface area contributed by atoms with Crippen LogP contribution in [0.2, 0.25) is 0 Å². The van der Waals surface area contributed by atoms with Crippen molar-refractivity contribution in [3.05, 3.63) is 59.1 Å². The summed E-state index contributed by atoms with van der Waals surface area (Å²) in [6, 6.07) is 15.9. The molecule has 7 heteroatoms. The van der Waals surface area contributed by atoms with Gasteiger partial charge in [-0.2, -0.15) is 0 Å². The first-order valence-electron chi connectivity index (χ1n) is 11.3. The van der Waals surface area contributed by atoms with Crippen LogP contribution in [0.3, 0.4) is 0 Å². The average Bonchev–Trinajstić information content (AvgIpc) is 3.53. The topological polar surface area (TPSA) is 53.5 Å². The minimum Gasteiger partial charge on any atom is -0.342 e. The van der Waals surface area contributed by atoms with Gasteiger partial charge in [0, 0.05) is 37.0 Å². The zero-order valence-corrected chi connectivity index (χ0v) is 19.7. The molecule has 2 amide bonds. The van der Waals surface area contributed by atoms with Gasteiger partial charge in [0.25, 0.3) is 5.91 Å². The molecule has 0 saturated carbocycles.